The lowest BCUT2D eigenvalue weighted by molar-refractivity contribution is 0.0934. The monoisotopic (exact) mass is 405 g/mol. The van der Waals surface area contributed by atoms with Crippen molar-refractivity contribution in [3.8, 4) is 5.69 Å². The van der Waals surface area contributed by atoms with Gasteiger partial charge in [-0.05, 0) is 36.8 Å². The predicted molar refractivity (Wildman–Crippen MR) is 100 cm³/mol. The number of carbonyl (C=O) groups excluding carboxylic acids is 1. The predicted octanol–water partition coefficient (Wildman–Crippen LogP) is 2.06. The fourth-order valence-electron chi connectivity index (χ4n) is 2.42. The van der Waals surface area contributed by atoms with Crippen LogP contribution in [0.5, 0.6) is 0 Å². The molecule has 1 aromatic heterocycles. The van der Waals surface area contributed by atoms with Crippen LogP contribution in [0.2, 0.25) is 5.02 Å². The molecule has 1 atom stereocenters. The van der Waals surface area contributed by atoms with E-state index in [1.165, 1.54) is 23.0 Å². The van der Waals surface area contributed by atoms with E-state index in [-0.39, 0.29) is 16.6 Å². The second-order valence-corrected chi connectivity index (χ2v) is 7.78. The fraction of sp³-hybridized carbons (Fsp3) is 0.118. The Bertz CT molecular complexity index is 1080. The van der Waals surface area contributed by atoms with Crippen molar-refractivity contribution in [2.24, 2.45) is 5.14 Å². The van der Waals surface area contributed by atoms with Crippen molar-refractivity contribution in [3.05, 3.63) is 71.0 Å². The maximum atomic E-state index is 12.4. The Kier molecular flexibility index (Phi) is 5.26. The van der Waals surface area contributed by atoms with Crippen molar-refractivity contribution in [2.45, 2.75) is 17.9 Å². The summed E-state index contributed by atoms with van der Waals surface area (Å²) in [5.74, 6) is -0.420. The van der Waals surface area contributed by atoms with Gasteiger partial charge in [0.25, 0.3) is 5.91 Å². The van der Waals surface area contributed by atoms with Gasteiger partial charge in [0.15, 0.2) is 5.69 Å². The van der Waals surface area contributed by atoms with Gasteiger partial charge in [0.1, 0.15) is 0 Å². The number of para-hydroxylation sites is 1. The van der Waals surface area contributed by atoms with Crippen LogP contribution in [0.3, 0.4) is 0 Å². The molecule has 10 heteroatoms. The molecule has 0 aliphatic carbocycles. The van der Waals surface area contributed by atoms with E-state index < -0.39 is 15.9 Å². The first-order chi connectivity index (χ1) is 12.8. The lowest BCUT2D eigenvalue weighted by Crippen LogP contribution is -2.27. The maximum absolute atomic E-state index is 12.4. The van der Waals surface area contributed by atoms with Crippen LogP contribution >= 0.6 is 11.6 Å². The number of primary sulfonamides is 1. The van der Waals surface area contributed by atoms with Crippen LogP contribution in [0.4, 0.5) is 0 Å². The number of nitrogens with zero attached hydrogens (tertiary/aromatic N) is 3. The van der Waals surface area contributed by atoms with E-state index in [0.717, 1.165) is 0 Å². The minimum absolute atomic E-state index is 0.00691. The molecule has 0 aliphatic heterocycles. The van der Waals surface area contributed by atoms with E-state index >= 15 is 0 Å². The highest BCUT2D eigenvalue weighted by Crippen LogP contribution is 2.19. The molecule has 0 spiro atoms. The van der Waals surface area contributed by atoms with Crippen molar-refractivity contribution in [2.75, 3.05) is 0 Å². The molecule has 0 bridgehead atoms. The summed E-state index contributed by atoms with van der Waals surface area (Å²) in [6.07, 6.45) is 1.48. The summed E-state index contributed by atoms with van der Waals surface area (Å²) in [6.45, 7) is 1.77. The van der Waals surface area contributed by atoms with Crippen molar-refractivity contribution < 1.29 is 13.2 Å². The largest absolute Gasteiger partial charge is 0.344 e. The van der Waals surface area contributed by atoms with Crippen LogP contribution in [0.15, 0.2) is 59.6 Å². The topological polar surface area (TPSA) is 120 Å². The number of sulfonamides is 1. The molecule has 0 radical (unpaired) electrons. The molecule has 1 heterocycles. The molecule has 27 heavy (non-hydrogen) atoms. The average Bonchev–Trinajstić information content (AvgIpc) is 3.11. The summed E-state index contributed by atoms with van der Waals surface area (Å²) < 4.78 is 24.0. The van der Waals surface area contributed by atoms with Crippen LogP contribution in [-0.2, 0) is 10.0 Å². The highest BCUT2D eigenvalue weighted by Gasteiger charge is 2.16. The number of benzene rings is 2. The third kappa shape index (κ3) is 4.33. The molecule has 2 aromatic carbocycles. The normalized spacial score (nSPS) is 12.6. The van der Waals surface area contributed by atoms with Crippen LogP contribution < -0.4 is 10.5 Å². The molecule has 0 fully saturated rings. The number of halogens is 1. The lowest BCUT2D eigenvalue weighted by atomic mass is 10.1. The first kappa shape index (κ1) is 19.0. The molecule has 8 nitrogen and oxygen atoms in total. The Morgan fingerprint density at radius 2 is 1.85 bits per heavy atom. The van der Waals surface area contributed by atoms with Crippen molar-refractivity contribution >= 4 is 27.5 Å². The van der Waals surface area contributed by atoms with Crippen LogP contribution in [0.1, 0.15) is 29.0 Å². The minimum atomic E-state index is -3.76. The summed E-state index contributed by atoms with van der Waals surface area (Å²) in [7, 11) is -3.76. The lowest BCUT2D eigenvalue weighted by Gasteiger charge is -2.13. The number of carbonyl (C=O) groups is 1. The first-order valence-electron chi connectivity index (χ1n) is 7.86. The highest BCUT2D eigenvalue weighted by molar-refractivity contribution is 7.89. The van der Waals surface area contributed by atoms with Crippen molar-refractivity contribution in [1.82, 2.24) is 20.3 Å². The Morgan fingerprint density at radius 3 is 2.48 bits per heavy atom. The average molecular weight is 406 g/mol. The molecule has 140 valence electrons. The molecule has 0 saturated heterocycles. The molecule has 1 amide bonds. The summed E-state index contributed by atoms with van der Waals surface area (Å²) in [6, 6.07) is 12.6. The Balaban J connectivity index is 1.73. The summed E-state index contributed by atoms with van der Waals surface area (Å²) >= 11 is 6.12. The van der Waals surface area contributed by atoms with E-state index in [1.807, 2.05) is 0 Å². The van der Waals surface area contributed by atoms with Gasteiger partial charge in [0.05, 0.1) is 27.8 Å². The number of nitrogens with two attached hydrogens (primary N) is 1. The number of amides is 1. The van der Waals surface area contributed by atoms with Crippen LogP contribution in [0, 0.1) is 0 Å². The first-order valence-corrected chi connectivity index (χ1v) is 9.79. The van der Waals surface area contributed by atoms with E-state index in [0.29, 0.717) is 16.3 Å². The smallest absolute Gasteiger partial charge is 0.273 e. The van der Waals surface area contributed by atoms with Gasteiger partial charge in [-0.25, -0.2) is 18.2 Å². The van der Waals surface area contributed by atoms with Gasteiger partial charge in [-0.2, -0.15) is 0 Å². The SMILES string of the molecule is CC(NC(=O)c1cn(-c2ccccc2Cl)nn1)c1ccc(S(N)(=O)=O)cc1. The van der Waals surface area contributed by atoms with Gasteiger partial charge in [0, 0.05) is 0 Å². The molecular formula is C17H16ClN5O3S. The number of nitrogens with one attached hydrogen (secondary N) is 1. The van der Waals surface area contributed by atoms with Gasteiger partial charge >= 0.3 is 0 Å². The molecule has 3 N–H and O–H groups in total. The number of rotatable bonds is 5. The summed E-state index contributed by atoms with van der Waals surface area (Å²) in [5, 5.41) is 16.1. The number of hydrogen-bond donors (Lipinski definition) is 2. The summed E-state index contributed by atoms with van der Waals surface area (Å²) in [4.78, 5) is 12.4. The van der Waals surface area contributed by atoms with Crippen LogP contribution in [-0.4, -0.2) is 29.3 Å². The second-order valence-electron chi connectivity index (χ2n) is 5.81. The summed E-state index contributed by atoms with van der Waals surface area (Å²) in [5.41, 5.74) is 1.45. The standard InChI is InChI=1S/C17H16ClN5O3S/c1-11(12-6-8-13(9-7-12)27(19,25)26)20-17(24)15-10-23(22-21-15)16-5-3-2-4-14(16)18/h2-11H,1H3,(H,20,24)(H2,19,25,26). The van der Waals surface area contributed by atoms with Gasteiger partial charge < -0.3 is 5.32 Å². The van der Waals surface area contributed by atoms with E-state index in [2.05, 4.69) is 15.6 Å². The van der Waals surface area contributed by atoms with Gasteiger partial charge in [-0.3, -0.25) is 4.79 Å². The fourth-order valence-corrected chi connectivity index (χ4v) is 3.16. The molecule has 0 saturated carbocycles. The number of hydrogen-bond acceptors (Lipinski definition) is 5. The van der Waals surface area contributed by atoms with Crippen LogP contribution in [0.25, 0.3) is 5.69 Å². The molecule has 0 aliphatic rings. The number of aromatic nitrogens is 3. The van der Waals surface area contributed by atoms with Crippen molar-refractivity contribution in [3.63, 3.8) is 0 Å². The molecule has 3 rings (SSSR count). The van der Waals surface area contributed by atoms with Gasteiger partial charge in [-0.15, -0.1) is 5.10 Å². The van der Waals surface area contributed by atoms with E-state index in [9.17, 15) is 13.2 Å². The quantitative estimate of drug-likeness (QED) is 0.673. The molecule has 1 unspecified atom stereocenters. The second kappa shape index (κ2) is 7.47. The Labute approximate surface area is 161 Å². The Hall–Kier alpha value is -2.75. The zero-order chi connectivity index (χ0) is 19.6. The maximum Gasteiger partial charge on any atom is 0.273 e. The third-order valence-corrected chi connectivity index (χ3v) is 5.13. The minimum Gasteiger partial charge on any atom is -0.344 e. The zero-order valence-corrected chi connectivity index (χ0v) is 15.8. The zero-order valence-electron chi connectivity index (χ0n) is 14.2. The van der Waals surface area contributed by atoms with Gasteiger partial charge in [-0.1, -0.05) is 41.1 Å². The molecular weight excluding hydrogens is 390 g/mol. The molecule has 3 aromatic rings. The highest BCUT2D eigenvalue weighted by atomic mass is 35.5. The van der Waals surface area contributed by atoms with Gasteiger partial charge in [0.2, 0.25) is 10.0 Å². The third-order valence-electron chi connectivity index (χ3n) is 3.88. The van der Waals surface area contributed by atoms with E-state index in [4.69, 9.17) is 16.7 Å². The van der Waals surface area contributed by atoms with E-state index in [1.54, 1.807) is 43.3 Å². The Morgan fingerprint density at radius 1 is 1.19 bits per heavy atom. The van der Waals surface area contributed by atoms with Crippen molar-refractivity contribution in [1.29, 1.82) is 0 Å².